The van der Waals surface area contributed by atoms with Crippen LogP contribution in [0.4, 0.5) is 8.78 Å². The molecule has 1 aromatic carbocycles. The van der Waals surface area contributed by atoms with Gasteiger partial charge < -0.3 is 10.5 Å². The van der Waals surface area contributed by atoms with Gasteiger partial charge in [0.15, 0.2) is 11.6 Å². The lowest BCUT2D eigenvalue weighted by Crippen LogP contribution is -2.14. The maximum Gasteiger partial charge on any atom is 0.201 e. The van der Waals surface area contributed by atoms with Gasteiger partial charge in [0.2, 0.25) is 5.82 Å². The molecule has 0 saturated carbocycles. The van der Waals surface area contributed by atoms with E-state index in [1.165, 1.54) is 6.07 Å². The first-order valence-corrected chi connectivity index (χ1v) is 4.03. The van der Waals surface area contributed by atoms with Crippen LogP contribution in [0.5, 0.6) is 5.75 Å². The van der Waals surface area contributed by atoms with Gasteiger partial charge in [-0.25, -0.2) is 4.39 Å². The van der Waals surface area contributed by atoms with Crippen molar-refractivity contribution in [3.8, 4) is 5.75 Å². The number of rotatable bonds is 3. The maximum absolute atomic E-state index is 13.2. The van der Waals surface area contributed by atoms with Crippen LogP contribution >= 0.6 is 0 Å². The minimum Gasteiger partial charge on any atom is -0.490 e. The summed E-state index contributed by atoms with van der Waals surface area (Å²) < 4.78 is 30.8. The summed E-state index contributed by atoms with van der Waals surface area (Å²) in [7, 11) is 0. The summed E-state index contributed by atoms with van der Waals surface area (Å²) in [6, 6.07) is 2.13. The second-order valence-corrected chi connectivity index (χ2v) is 2.58. The Hall–Kier alpha value is -1.65. The van der Waals surface area contributed by atoms with Crippen molar-refractivity contribution in [1.29, 1.82) is 5.41 Å². The van der Waals surface area contributed by atoms with E-state index in [9.17, 15) is 8.78 Å². The van der Waals surface area contributed by atoms with Crippen LogP contribution in [0.1, 0.15) is 12.5 Å². The number of nitrogens with two attached hydrogens (primary N) is 1. The molecule has 0 aliphatic heterocycles. The fourth-order valence-corrected chi connectivity index (χ4v) is 1.03. The number of hydrogen-bond acceptors (Lipinski definition) is 2. The van der Waals surface area contributed by atoms with Gasteiger partial charge in [-0.15, -0.1) is 0 Å². The zero-order valence-electron chi connectivity index (χ0n) is 7.60. The topological polar surface area (TPSA) is 59.1 Å². The van der Waals surface area contributed by atoms with Crippen LogP contribution in [0.25, 0.3) is 0 Å². The lowest BCUT2D eigenvalue weighted by molar-refractivity contribution is 0.313. The Kier molecular flexibility index (Phi) is 3.01. The second kappa shape index (κ2) is 4.04. The molecule has 0 spiro atoms. The van der Waals surface area contributed by atoms with Gasteiger partial charge in [-0.3, -0.25) is 5.41 Å². The van der Waals surface area contributed by atoms with Crippen LogP contribution in [0, 0.1) is 17.0 Å². The molecule has 0 aromatic heterocycles. The molecule has 1 rings (SSSR count). The molecule has 3 N–H and O–H groups in total. The minimum absolute atomic E-state index is 0.0609. The lowest BCUT2D eigenvalue weighted by atomic mass is 10.1. The number of nitrogen functional groups attached to an aromatic ring is 1. The van der Waals surface area contributed by atoms with Crippen LogP contribution in [-0.2, 0) is 0 Å². The molecule has 0 aliphatic carbocycles. The Morgan fingerprint density at radius 2 is 2.14 bits per heavy atom. The maximum atomic E-state index is 13.2. The molecular weight excluding hydrogens is 190 g/mol. The summed E-state index contributed by atoms with van der Waals surface area (Å²) in [6.07, 6.45) is 0. The van der Waals surface area contributed by atoms with Crippen molar-refractivity contribution in [3.05, 3.63) is 29.3 Å². The van der Waals surface area contributed by atoms with E-state index >= 15 is 0 Å². The zero-order chi connectivity index (χ0) is 10.7. The lowest BCUT2D eigenvalue weighted by Gasteiger charge is -2.09. The highest BCUT2D eigenvalue weighted by atomic mass is 19.2. The standard InChI is InChI=1S/C9H10F2N2O/c1-2-14-8-5(9(12)13)3-4-6(10)7(8)11/h3-4H,2H2,1H3,(H3,12,13). The summed E-state index contributed by atoms with van der Waals surface area (Å²) in [5, 5.41) is 7.13. The summed E-state index contributed by atoms with van der Waals surface area (Å²) in [4.78, 5) is 0. The second-order valence-electron chi connectivity index (χ2n) is 2.58. The summed E-state index contributed by atoms with van der Waals surface area (Å²) >= 11 is 0. The van der Waals surface area contributed by atoms with Crippen molar-refractivity contribution in [2.75, 3.05) is 6.61 Å². The molecular formula is C9H10F2N2O. The molecule has 0 heterocycles. The van der Waals surface area contributed by atoms with Crippen molar-refractivity contribution in [2.45, 2.75) is 6.92 Å². The highest BCUT2D eigenvalue weighted by molar-refractivity contribution is 5.97. The van der Waals surface area contributed by atoms with Crippen molar-refractivity contribution >= 4 is 5.84 Å². The number of nitrogens with one attached hydrogen (secondary N) is 1. The number of hydrogen-bond donors (Lipinski definition) is 2. The molecule has 0 atom stereocenters. The van der Waals surface area contributed by atoms with Gasteiger partial charge in [0.05, 0.1) is 12.2 Å². The molecule has 0 bridgehead atoms. The summed E-state index contributed by atoms with van der Waals surface area (Å²) in [5.74, 6) is -2.79. The minimum atomic E-state index is -1.11. The molecule has 0 unspecified atom stereocenters. The molecule has 3 nitrogen and oxygen atoms in total. The van der Waals surface area contributed by atoms with E-state index in [4.69, 9.17) is 15.9 Å². The van der Waals surface area contributed by atoms with Crippen molar-refractivity contribution in [1.82, 2.24) is 0 Å². The fourth-order valence-electron chi connectivity index (χ4n) is 1.03. The monoisotopic (exact) mass is 200 g/mol. The van der Waals surface area contributed by atoms with Gasteiger partial charge in [0.1, 0.15) is 5.84 Å². The Labute approximate surface area is 80.0 Å². The third-order valence-corrected chi connectivity index (χ3v) is 1.63. The van der Waals surface area contributed by atoms with Crippen molar-refractivity contribution in [2.24, 2.45) is 5.73 Å². The van der Waals surface area contributed by atoms with Crippen molar-refractivity contribution < 1.29 is 13.5 Å². The molecule has 0 radical (unpaired) electrons. The zero-order valence-corrected chi connectivity index (χ0v) is 7.60. The molecule has 5 heteroatoms. The summed E-state index contributed by atoms with van der Waals surface area (Å²) in [5.41, 5.74) is 5.24. The first-order chi connectivity index (χ1) is 6.57. The predicted molar refractivity (Wildman–Crippen MR) is 48.5 cm³/mol. The molecule has 76 valence electrons. The number of benzene rings is 1. The van der Waals surface area contributed by atoms with E-state index in [0.717, 1.165) is 6.07 Å². The van der Waals surface area contributed by atoms with Crippen LogP contribution in [0.2, 0.25) is 0 Å². The van der Waals surface area contributed by atoms with Gasteiger partial charge >= 0.3 is 0 Å². The van der Waals surface area contributed by atoms with Gasteiger partial charge in [-0.05, 0) is 19.1 Å². The molecule has 0 amide bonds. The molecule has 1 aromatic rings. The quantitative estimate of drug-likeness (QED) is 0.575. The van der Waals surface area contributed by atoms with E-state index in [-0.39, 0.29) is 23.8 Å². The highest BCUT2D eigenvalue weighted by Gasteiger charge is 2.16. The summed E-state index contributed by atoms with van der Waals surface area (Å²) in [6.45, 7) is 1.81. The first kappa shape index (κ1) is 10.4. The largest absolute Gasteiger partial charge is 0.490 e. The third kappa shape index (κ3) is 1.81. The number of amidine groups is 1. The SMILES string of the molecule is CCOc1c(C(=N)N)ccc(F)c1F. The molecule has 0 saturated heterocycles. The van der Waals surface area contributed by atoms with Crippen molar-refractivity contribution in [3.63, 3.8) is 0 Å². The van der Waals surface area contributed by atoms with Gasteiger partial charge in [-0.1, -0.05) is 0 Å². The molecule has 14 heavy (non-hydrogen) atoms. The normalized spacial score (nSPS) is 9.93. The van der Waals surface area contributed by atoms with E-state index in [1.54, 1.807) is 6.92 Å². The van der Waals surface area contributed by atoms with Crippen LogP contribution in [0.3, 0.4) is 0 Å². The highest BCUT2D eigenvalue weighted by Crippen LogP contribution is 2.24. The van der Waals surface area contributed by atoms with E-state index < -0.39 is 11.6 Å². The van der Waals surface area contributed by atoms with Crippen LogP contribution < -0.4 is 10.5 Å². The van der Waals surface area contributed by atoms with E-state index in [2.05, 4.69) is 0 Å². The van der Waals surface area contributed by atoms with Gasteiger partial charge in [-0.2, -0.15) is 4.39 Å². The van der Waals surface area contributed by atoms with Gasteiger partial charge in [0.25, 0.3) is 0 Å². The average molecular weight is 200 g/mol. The molecule has 0 aliphatic rings. The fraction of sp³-hybridized carbons (Fsp3) is 0.222. The van der Waals surface area contributed by atoms with E-state index in [1.807, 2.05) is 0 Å². The molecule has 0 fully saturated rings. The smallest absolute Gasteiger partial charge is 0.201 e. The number of halogens is 2. The Morgan fingerprint density at radius 1 is 1.50 bits per heavy atom. The third-order valence-electron chi connectivity index (χ3n) is 1.63. The Balaban J connectivity index is 3.29. The van der Waals surface area contributed by atoms with E-state index in [0.29, 0.717) is 0 Å². The van der Waals surface area contributed by atoms with Crippen LogP contribution in [0.15, 0.2) is 12.1 Å². The Bertz CT molecular complexity index is 366. The average Bonchev–Trinajstić information content (AvgIpc) is 2.13. The number of ether oxygens (including phenoxy) is 1. The Morgan fingerprint density at radius 3 is 2.64 bits per heavy atom. The van der Waals surface area contributed by atoms with Gasteiger partial charge in [0, 0.05) is 0 Å². The predicted octanol–water partition coefficient (Wildman–Crippen LogP) is 1.65. The first-order valence-electron chi connectivity index (χ1n) is 4.03. The van der Waals surface area contributed by atoms with Crippen LogP contribution in [-0.4, -0.2) is 12.4 Å².